The van der Waals surface area contributed by atoms with E-state index in [0.29, 0.717) is 22.4 Å². The van der Waals surface area contributed by atoms with Gasteiger partial charge in [0.15, 0.2) is 0 Å². The number of hydrogen-bond donors (Lipinski definition) is 3. The number of carbonyl (C=O) groups excluding carboxylic acids is 1. The third-order valence-corrected chi connectivity index (χ3v) is 5.86. The molecule has 3 aromatic rings. The molecule has 1 heterocycles. The molecule has 0 saturated carbocycles. The zero-order chi connectivity index (χ0) is 24.8. The van der Waals surface area contributed by atoms with E-state index in [4.69, 9.17) is 14.9 Å². The van der Waals surface area contributed by atoms with E-state index in [2.05, 4.69) is 20.9 Å². The zero-order valence-electron chi connectivity index (χ0n) is 18.3. The summed E-state index contributed by atoms with van der Waals surface area (Å²) in [5, 5.41) is 18.3. The van der Waals surface area contributed by atoms with E-state index in [0.717, 1.165) is 12.1 Å². The summed E-state index contributed by atoms with van der Waals surface area (Å²) in [5.74, 6) is -1.65. The molecule has 0 bridgehead atoms. The second kappa shape index (κ2) is 11.4. The number of aromatic nitrogens is 1. The zero-order valence-corrected chi connectivity index (χ0v) is 19.9. The molecule has 1 aromatic heterocycles. The summed E-state index contributed by atoms with van der Waals surface area (Å²) in [6, 6.07) is 9.65. The van der Waals surface area contributed by atoms with Crippen molar-refractivity contribution in [2.75, 3.05) is 26.3 Å². The first-order valence-electron chi connectivity index (χ1n) is 10.4. The Morgan fingerprint density at radius 1 is 1.09 bits per heavy atom. The van der Waals surface area contributed by atoms with Gasteiger partial charge in [0.1, 0.15) is 28.5 Å². The molecule has 0 atom stereocenters. The van der Waals surface area contributed by atoms with Crippen LogP contribution in [-0.4, -0.2) is 52.3 Å². The SMILES string of the molecule is Cc1[nH]c(=O)c(Br)c(OCc2ccc(F)cc2F)c1-c1ccc(C(=O)N(CCO)CCO)cc1. The largest absolute Gasteiger partial charge is 0.487 e. The van der Waals surface area contributed by atoms with Crippen LogP contribution in [0, 0.1) is 18.6 Å². The van der Waals surface area contributed by atoms with E-state index in [1.807, 2.05) is 0 Å². The van der Waals surface area contributed by atoms with Gasteiger partial charge in [0.05, 0.1) is 13.2 Å². The minimum absolute atomic E-state index is 0.0883. The lowest BCUT2D eigenvalue weighted by atomic mass is 10.0. The number of hydrogen-bond acceptors (Lipinski definition) is 5. The van der Waals surface area contributed by atoms with Gasteiger partial charge in [0.2, 0.25) is 0 Å². The van der Waals surface area contributed by atoms with Crippen LogP contribution in [0.15, 0.2) is 51.7 Å². The summed E-state index contributed by atoms with van der Waals surface area (Å²) in [6.07, 6.45) is 0. The topological polar surface area (TPSA) is 103 Å². The van der Waals surface area contributed by atoms with Crippen molar-refractivity contribution in [3.05, 3.63) is 85.7 Å². The van der Waals surface area contributed by atoms with Crippen LogP contribution in [-0.2, 0) is 6.61 Å². The second-order valence-electron chi connectivity index (χ2n) is 7.44. The van der Waals surface area contributed by atoms with Gasteiger partial charge in [-0.2, -0.15) is 0 Å². The molecule has 1 amide bonds. The Hall–Kier alpha value is -3.08. The molecule has 3 N–H and O–H groups in total. The summed E-state index contributed by atoms with van der Waals surface area (Å²) >= 11 is 3.23. The molecule has 0 aliphatic heterocycles. The summed E-state index contributed by atoms with van der Waals surface area (Å²) in [6.45, 7) is 1.15. The van der Waals surface area contributed by atoms with Crippen molar-refractivity contribution in [3.8, 4) is 16.9 Å². The third-order valence-electron chi connectivity index (χ3n) is 5.14. The number of amides is 1. The molecule has 3 rings (SSSR count). The van der Waals surface area contributed by atoms with Gasteiger partial charge in [-0.3, -0.25) is 9.59 Å². The molecule has 0 spiro atoms. The number of aromatic amines is 1. The van der Waals surface area contributed by atoms with E-state index >= 15 is 0 Å². The van der Waals surface area contributed by atoms with Gasteiger partial charge in [0.25, 0.3) is 11.5 Å². The number of aliphatic hydroxyl groups excluding tert-OH is 2. The quantitative estimate of drug-likeness (QED) is 0.389. The molecule has 0 fully saturated rings. The molecule has 0 aliphatic carbocycles. The average molecular weight is 537 g/mol. The number of nitrogens with zero attached hydrogens (tertiary/aromatic N) is 1. The van der Waals surface area contributed by atoms with E-state index < -0.39 is 17.2 Å². The predicted octanol–water partition coefficient (Wildman–Crippen LogP) is 3.40. The number of aryl methyl sites for hydroxylation is 1. The molecule has 0 radical (unpaired) electrons. The number of carbonyl (C=O) groups is 1. The highest BCUT2D eigenvalue weighted by Gasteiger charge is 2.20. The number of H-pyrrole nitrogens is 1. The number of rotatable bonds is 9. The molecular weight excluding hydrogens is 514 g/mol. The van der Waals surface area contributed by atoms with E-state index in [-0.39, 0.29) is 54.6 Å². The van der Waals surface area contributed by atoms with E-state index in [1.165, 1.54) is 11.0 Å². The standard InChI is InChI=1S/C24H23BrF2N2O5/c1-14-20(15-2-4-16(5-3-15)24(33)29(8-10-30)9-11-31)22(21(25)23(32)28-14)34-13-17-6-7-18(26)12-19(17)27/h2-7,12,30-31H,8-11,13H2,1H3,(H,28,32). The minimum atomic E-state index is -0.766. The summed E-state index contributed by atoms with van der Waals surface area (Å²) in [4.78, 5) is 29.0. The Morgan fingerprint density at radius 2 is 1.74 bits per heavy atom. The number of nitrogens with one attached hydrogen (secondary N) is 1. The lowest BCUT2D eigenvalue weighted by Gasteiger charge is -2.21. The monoisotopic (exact) mass is 536 g/mol. The first kappa shape index (κ1) is 25.5. The smallest absolute Gasteiger partial charge is 0.266 e. The average Bonchev–Trinajstić information content (AvgIpc) is 2.81. The number of halogens is 3. The highest BCUT2D eigenvalue weighted by atomic mass is 79.9. The van der Waals surface area contributed by atoms with Crippen LogP contribution < -0.4 is 10.3 Å². The number of aliphatic hydroxyl groups is 2. The lowest BCUT2D eigenvalue weighted by Crippen LogP contribution is -2.35. The van der Waals surface area contributed by atoms with Crippen LogP contribution in [0.3, 0.4) is 0 Å². The summed E-state index contributed by atoms with van der Waals surface area (Å²) in [7, 11) is 0. The first-order chi connectivity index (χ1) is 16.3. The van der Waals surface area contributed by atoms with Crippen molar-refractivity contribution in [2.45, 2.75) is 13.5 Å². The number of ether oxygens (including phenoxy) is 1. The normalized spacial score (nSPS) is 10.9. The van der Waals surface area contributed by atoms with Crippen LogP contribution in [0.5, 0.6) is 5.75 Å². The molecule has 0 aliphatic rings. The molecule has 10 heteroatoms. The molecule has 180 valence electrons. The number of pyridine rings is 1. The van der Waals surface area contributed by atoms with Crippen molar-refractivity contribution in [1.29, 1.82) is 0 Å². The van der Waals surface area contributed by atoms with Gasteiger partial charge >= 0.3 is 0 Å². The summed E-state index contributed by atoms with van der Waals surface area (Å²) in [5.41, 5.74) is 1.66. The van der Waals surface area contributed by atoms with Gasteiger partial charge in [-0.05, 0) is 52.7 Å². The van der Waals surface area contributed by atoms with Crippen molar-refractivity contribution in [2.24, 2.45) is 0 Å². The maximum Gasteiger partial charge on any atom is 0.266 e. The minimum Gasteiger partial charge on any atom is -0.487 e. The Balaban J connectivity index is 1.95. The Kier molecular flexibility index (Phi) is 8.54. The van der Waals surface area contributed by atoms with Gasteiger partial charge < -0.3 is 24.8 Å². The molecular formula is C24H23BrF2N2O5. The molecule has 2 aromatic carbocycles. The molecule has 34 heavy (non-hydrogen) atoms. The Labute approximate surface area is 202 Å². The molecule has 0 unspecified atom stereocenters. The van der Waals surface area contributed by atoms with Gasteiger partial charge in [-0.15, -0.1) is 0 Å². The highest BCUT2D eigenvalue weighted by Crippen LogP contribution is 2.37. The predicted molar refractivity (Wildman–Crippen MR) is 126 cm³/mol. The highest BCUT2D eigenvalue weighted by molar-refractivity contribution is 9.10. The van der Waals surface area contributed by atoms with Crippen LogP contribution in [0.25, 0.3) is 11.1 Å². The second-order valence-corrected chi connectivity index (χ2v) is 8.23. The van der Waals surface area contributed by atoms with Crippen LogP contribution in [0.1, 0.15) is 21.6 Å². The first-order valence-corrected chi connectivity index (χ1v) is 11.2. The Bertz CT molecular complexity index is 1230. The van der Waals surface area contributed by atoms with Gasteiger partial charge in [0, 0.05) is 41.5 Å². The fourth-order valence-electron chi connectivity index (χ4n) is 3.46. The maximum absolute atomic E-state index is 14.1. The Morgan fingerprint density at radius 3 is 2.32 bits per heavy atom. The fourth-order valence-corrected chi connectivity index (χ4v) is 3.87. The fraction of sp³-hybridized carbons (Fsp3) is 0.250. The van der Waals surface area contributed by atoms with Crippen molar-refractivity contribution >= 4 is 21.8 Å². The van der Waals surface area contributed by atoms with Crippen LogP contribution in [0.2, 0.25) is 0 Å². The van der Waals surface area contributed by atoms with Gasteiger partial charge in [-0.1, -0.05) is 12.1 Å². The van der Waals surface area contributed by atoms with Crippen molar-refractivity contribution < 1.29 is 28.5 Å². The summed E-state index contributed by atoms with van der Waals surface area (Å²) < 4.78 is 33.2. The van der Waals surface area contributed by atoms with Crippen LogP contribution >= 0.6 is 15.9 Å². The van der Waals surface area contributed by atoms with E-state index in [9.17, 15) is 18.4 Å². The maximum atomic E-state index is 14.1. The third kappa shape index (κ3) is 5.69. The van der Waals surface area contributed by atoms with Crippen LogP contribution in [0.4, 0.5) is 8.78 Å². The van der Waals surface area contributed by atoms with Gasteiger partial charge in [-0.25, -0.2) is 8.78 Å². The van der Waals surface area contributed by atoms with Crippen molar-refractivity contribution in [1.82, 2.24) is 9.88 Å². The molecule has 7 nitrogen and oxygen atoms in total. The number of benzene rings is 2. The molecule has 0 saturated heterocycles. The lowest BCUT2D eigenvalue weighted by molar-refractivity contribution is 0.0685. The van der Waals surface area contributed by atoms with E-state index in [1.54, 1.807) is 31.2 Å². The van der Waals surface area contributed by atoms with Crippen molar-refractivity contribution in [3.63, 3.8) is 0 Å².